The zero-order chi connectivity index (χ0) is 12.0. The second-order valence-corrected chi connectivity index (χ2v) is 6.68. The van der Waals surface area contributed by atoms with E-state index < -0.39 is 0 Å². The fourth-order valence-electron chi connectivity index (χ4n) is 3.01. The van der Waals surface area contributed by atoms with Gasteiger partial charge in [-0.25, -0.2) is 0 Å². The number of hydrogen-bond donors (Lipinski definition) is 2. The van der Waals surface area contributed by atoms with Gasteiger partial charge >= 0.3 is 0 Å². The van der Waals surface area contributed by atoms with Crippen molar-refractivity contribution < 1.29 is 0 Å². The minimum absolute atomic E-state index is 0.516. The van der Waals surface area contributed by atoms with Gasteiger partial charge in [-0.3, -0.25) is 11.3 Å². The molecule has 2 nitrogen and oxygen atoms in total. The van der Waals surface area contributed by atoms with Crippen LogP contribution in [0.4, 0.5) is 0 Å². The third kappa shape index (κ3) is 4.64. The van der Waals surface area contributed by atoms with Crippen LogP contribution in [0.2, 0.25) is 0 Å². The monoisotopic (exact) mass is 244 g/mol. The van der Waals surface area contributed by atoms with E-state index in [0.29, 0.717) is 6.04 Å². The molecular weight excluding hydrogens is 216 g/mol. The van der Waals surface area contributed by atoms with Crippen molar-refractivity contribution in [1.82, 2.24) is 5.43 Å². The average molecular weight is 244 g/mol. The number of rotatable bonds is 6. The van der Waals surface area contributed by atoms with Crippen molar-refractivity contribution in [3.05, 3.63) is 0 Å². The van der Waals surface area contributed by atoms with E-state index in [1.54, 1.807) is 0 Å². The SMILES string of the molecule is CCCSCC(NN)C1CC(C)CC(C)C1. The Hall–Kier alpha value is 0.270. The summed E-state index contributed by atoms with van der Waals surface area (Å²) in [6.07, 6.45) is 5.37. The van der Waals surface area contributed by atoms with Gasteiger partial charge in [0.05, 0.1) is 0 Å². The summed E-state index contributed by atoms with van der Waals surface area (Å²) in [5, 5.41) is 0. The average Bonchev–Trinajstić information content (AvgIpc) is 2.23. The molecule has 0 bridgehead atoms. The molecule has 0 aromatic carbocycles. The summed E-state index contributed by atoms with van der Waals surface area (Å²) < 4.78 is 0. The van der Waals surface area contributed by atoms with Gasteiger partial charge in [0.2, 0.25) is 0 Å². The highest BCUT2D eigenvalue weighted by molar-refractivity contribution is 7.99. The zero-order valence-electron chi connectivity index (χ0n) is 11.0. The molecule has 0 amide bonds. The van der Waals surface area contributed by atoms with Crippen LogP contribution in [-0.2, 0) is 0 Å². The summed E-state index contributed by atoms with van der Waals surface area (Å²) in [6.45, 7) is 7.01. The molecule has 0 spiro atoms. The van der Waals surface area contributed by atoms with Gasteiger partial charge in [0.15, 0.2) is 0 Å². The van der Waals surface area contributed by atoms with Gasteiger partial charge in [-0.05, 0) is 49.2 Å². The molecule has 0 saturated heterocycles. The highest BCUT2D eigenvalue weighted by Gasteiger charge is 2.29. The molecular formula is C13H28N2S. The normalized spacial score (nSPS) is 32.6. The molecule has 0 aromatic heterocycles. The molecule has 0 aromatic rings. The smallest absolute Gasteiger partial charge is 0.0329 e. The number of hydrazine groups is 1. The molecule has 1 aliphatic carbocycles. The van der Waals surface area contributed by atoms with Gasteiger partial charge in [0.25, 0.3) is 0 Å². The molecule has 0 aliphatic heterocycles. The van der Waals surface area contributed by atoms with E-state index in [1.165, 1.54) is 37.2 Å². The fourth-order valence-corrected chi connectivity index (χ4v) is 4.09. The molecule has 1 saturated carbocycles. The Bertz CT molecular complexity index is 177. The largest absolute Gasteiger partial charge is 0.271 e. The van der Waals surface area contributed by atoms with Gasteiger partial charge in [0, 0.05) is 11.8 Å². The molecule has 3 N–H and O–H groups in total. The Morgan fingerprint density at radius 2 is 1.88 bits per heavy atom. The standard InChI is InChI=1S/C13H28N2S/c1-4-5-16-9-13(15-14)12-7-10(2)6-11(3)8-12/h10-13,15H,4-9,14H2,1-3H3. The van der Waals surface area contributed by atoms with Crippen molar-refractivity contribution in [3.8, 4) is 0 Å². The molecule has 1 fully saturated rings. The molecule has 0 heterocycles. The molecule has 16 heavy (non-hydrogen) atoms. The van der Waals surface area contributed by atoms with Crippen LogP contribution < -0.4 is 11.3 Å². The molecule has 3 unspecified atom stereocenters. The van der Waals surface area contributed by atoms with Crippen LogP contribution in [0.1, 0.15) is 46.5 Å². The maximum atomic E-state index is 5.71. The van der Waals surface area contributed by atoms with Crippen LogP contribution in [0.25, 0.3) is 0 Å². The highest BCUT2D eigenvalue weighted by Crippen LogP contribution is 2.35. The third-order valence-corrected chi connectivity index (χ3v) is 4.94. The first-order valence-electron chi connectivity index (χ1n) is 6.71. The summed E-state index contributed by atoms with van der Waals surface area (Å²) in [5.41, 5.74) is 3.05. The summed E-state index contributed by atoms with van der Waals surface area (Å²) >= 11 is 2.04. The minimum atomic E-state index is 0.516. The first-order chi connectivity index (χ1) is 7.67. The summed E-state index contributed by atoms with van der Waals surface area (Å²) in [6, 6.07) is 0.516. The first kappa shape index (κ1) is 14.3. The third-order valence-electron chi connectivity index (χ3n) is 3.64. The summed E-state index contributed by atoms with van der Waals surface area (Å²) in [7, 11) is 0. The topological polar surface area (TPSA) is 38.0 Å². The Morgan fingerprint density at radius 3 is 2.38 bits per heavy atom. The van der Waals surface area contributed by atoms with Crippen molar-refractivity contribution in [2.45, 2.75) is 52.5 Å². The van der Waals surface area contributed by atoms with E-state index in [1.807, 2.05) is 11.8 Å². The lowest BCUT2D eigenvalue weighted by atomic mass is 9.74. The number of hydrogen-bond acceptors (Lipinski definition) is 3. The van der Waals surface area contributed by atoms with Gasteiger partial charge in [-0.1, -0.05) is 20.8 Å². The zero-order valence-corrected chi connectivity index (χ0v) is 11.9. The second-order valence-electron chi connectivity index (χ2n) is 5.53. The van der Waals surface area contributed by atoms with Crippen LogP contribution in [0.15, 0.2) is 0 Å². The summed E-state index contributed by atoms with van der Waals surface area (Å²) in [4.78, 5) is 0. The van der Waals surface area contributed by atoms with E-state index in [-0.39, 0.29) is 0 Å². The van der Waals surface area contributed by atoms with Crippen molar-refractivity contribution in [2.24, 2.45) is 23.6 Å². The molecule has 96 valence electrons. The van der Waals surface area contributed by atoms with Crippen LogP contribution in [0.3, 0.4) is 0 Å². The summed E-state index contributed by atoms with van der Waals surface area (Å²) in [5.74, 6) is 10.7. The maximum absolute atomic E-state index is 5.71. The molecule has 3 heteroatoms. The lowest BCUT2D eigenvalue weighted by molar-refractivity contribution is 0.185. The predicted molar refractivity (Wildman–Crippen MR) is 74.4 cm³/mol. The first-order valence-corrected chi connectivity index (χ1v) is 7.86. The van der Waals surface area contributed by atoms with Crippen molar-refractivity contribution in [3.63, 3.8) is 0 Å². The lowest BCUT2D eigenvalue weighted by Gasteiger charge is -2.36. The van der Waals surface area contributed by atoms with E-state index >= 15 is 0 Å². The quantitative estimate of drug-likeness (QED) is 0.428. The molecule has 1 rings (SSSR count). The van der Waals surface area contributed by atoms with Gasteiger partial charge in [-0.2, -0.15) is 11.8 Å². The van der Waals surface area contributed by atoms with Crippen LogP contribution >= 0.6 is 11.8 Å². The molecule has 3 atom stereocenters. The van der Waals surface area contributed by atoms with E-state index in [4.69, 9.17) is 5.84 Å². The Kier molecular flexibility index (Phi) is 6.78. The van der Waals surface area contributed by atoms with Gasteiger partial charge in [-0.15, -0.1) is 0 Å². The van der Waals surface area contributed by atoms with E-state index in [2.05, 4.69) is 26.2 Å². The molecule has 1 aliphatic rings. The Balaban J connectivity index is 2.38. The van der Waals surface area contributed by atoms with Crippen molar-refractivity contribution in [1.29, 1.82) is 0 Å². The van der Waals surface area contributed by atoms with E-state index in [9.17, 15) is 0 Å². The van der Waals surface area contributed by atoms with Gasteiger partial charge in [0.1, 0.15) is 0 Å². The van der Waals surface area contributed by atoms with Crippen LogP contribution in [0.5, 0.6) is 0 Å². The van der Waals surface area contributed by atoms with Crippen LogP contribution in [-0.4, -0.2) is 17.5 Å². The second kappa shape index (κ2) is 7.57. The Labute approximate surface area is 105 Å². The molecule has 0 radical (unpaired) electrons. The maximum Gasteiger partial charge on any atom is 0.0329 e. The van der Waals surface area contributed by atoms with Gasteiger partial charge < -0.3 is 0 Å². The predicted octanol–water partition coefficient (Wildman–Crippen LogP) is 3.03. The van der Waals surface area contributed by atoms with Crippen molar-refractivity contribution >= 4 is 11.8 Å². The minimum Gasteiger partial charge on any atom is -0.271 e. The number of thioether (sulfide) groups is 1. The highest BCUT2D eigenvalue weighted by atomic mass is 32.2. The van der Waals surface area contributed by atoms with Crippen LogP contribution in [0, 0.1) is 17.8 Å². The van der Waals surface area contributed by atoms with E-state index in [0.717, 1.165) is 17.8 Å². The Morgan fingerprint density at radius 1 is 1.25 bits per heavy atom. The fraction of sp³-hybridized carbons (Fsp3) is 1.00. The number of nitrogens with two attached hydrogens (primary N) is 1. The van der Waals surface area contributed by atoms with Crippen molar-refractivity contribution in [2.75, 3.05) is 11.5 Å². The number of nitrogens with one attached hydrogen (secondary N) is 1. The lowest BCUT2D eigenvalue weighted by Crippen LogP contribution is -2.45.